The highest BCUT2D eigenvalue weighted by Gasteiger charge is 2.13. The van der Waals surface area contributed by atoms with Gasteiger partial charge in [-0.2, -0.15) is 0 Å². The third kappa shape index (κ3) is 6.97. The van der Waals surface area contributed by atoms with E-state index in [4.69, 9.17) is 0 Å². The lowest BCUT2D eigenvalue weighted by atomic mass is 10.1. The van der Waals surface area contributed by atoms with Crippen LogP contribution < -0.4 is 10.6 Å². The summed E-state index contributed by atoms with van der Waals surface area (Å²) >= 11 is 0. The Bertz CT molecular complexity index is 225. The van der Waals surface area contributed by atoms with Crippen LogP contribution >= 0.6 is 0 Å². The number of unbranched alkanes of at least 4 members (excludes halogenated alkanes) is 2. The van der Waals surface area contributed by atoms with E-state index in [-0.39, 0.29) is 5.91 Å². The summed E-state index contributed by atoms with van der Waals surface area (Å²) in [7, 11) is 0. The number of hydrogen-bond donors (Lipinski definition) is 2. The van der Waals surface area contributed by atoms with Crippen LogP contribution in [0, 0.1) is 0 Å². The molecule has 106 valence electrons. The molecule has 2 N–H and O–H groups in total. The maximum atomic E-state index is 11.9. The maximum Gasteiger partial charge on any atom is 0.234 e. The van der Waals surface area contributed by atoms with Gasteiger partial charge in [0.15, 0.2) is 0 Å². The normalized spacial score (nSPS) is 19.2. The molecule has 0 aromatic carbocycles. The first-order chi connectivity index (χ1) is 8.72. The molecule has 1 aliphatic rings. The van der Waals surface area contributed by atoms with Gasteiger partial charge >= 0.3 is 0 Å². The first-order valence-corrected chi connectivity index (χ1v) is 7.44. The molecule has 1 fully saturated rings. The fourth-order valence-corrected chi connectivity index (χ4v) is 2.36. The van der Waals surface area contributed by atoms with Crippen molar-refractivity contribution < 1.29 is 4.79 Å². The molecule has 0 aromatic rings. The number of amides is 1. The third-order valence-electron chi connectivity index (χ3n) is 3.45. The zero-order chi connectivity index (χ0) is 13.2. The summed E-state index contributed by atoms with van der Waals surface area (Å²) in [5.74, 6) is 0.181. The SMILES string of the molecule is CCCCCC(C)NC(=O)CN1CCCNCC1. The number of nitrogens with zero attached hydrogens (tertiary/aromatic N) is 1. The van der Waals surface area contributed by atoms with Crippen molar-refractivity contribution in [1.82, 2.24) is 15.5 Å². The van der Waals surface area contributed by atoms with E-state index in [2.05, 4.69) is 29.4 Å². The molecule has 1 saturated heterocycles. The van der Waals surface area contributed by atoms with E-state index in [1.807, 2.05) is 0 Å². The third-order valence-corrected chi connectivity index (χ3v) is 3.45. The van der Waals surface area contributed by atoms with Gasteiger partial charge in [0.1, 0.15) is 0 Å². The predicted molar refractivity (Wildman–Crippen MR) is 75.7 cm³/mol. The topological polar surface area (TPSA) is 44.4 Å². The second kappa shape index (κ2) is 9.34. The lowest BCUT2D eigenvalue weighted by Gasteiger charge is -2.20. The Morgan fingerprint density at radius 2 is 2.17 bits per heavy atom. The lowest BCUT2D eigenvalue weighted by molar-refractivity contribution is -0.122. The van der Waals surface area contributed by atoms with Crippen LogP contribution in [0.5, 0.6) is 0 Å². The molecular weight excluding hydrogens is 226 g/mol. The van der Waals surface area contributed by atoms with E-state index < -0.39 is 0 Å². The Morgan fingerprint density at radius 3 is 2.94 bits per heavy atom. The Kier molecular flexibility index (Phi) is 8.01. The van der Waals surface area contributed by atoms with Crippen LogP contribution in [0.15, 0.2) is 0 Å². The van der Waals surface area contributed by atoms with Crippen molar-refractivity contribution in [3.05, 3.63) is 0 Å². The van der Waals surface area contributed by atoms with Crippen molar-refractivity contribution in [3.63, 3.8) is 0 Å². The first kappa shape index (κ1) is 15.4. The molecule has 0 radical (unpaired) electrons. The van der Waals surface area contributed by atoms with Crippen LogP contribution in [0.3, 0.4) is 0 Å². The molecule has 1 amide bonds. The minimum atomic E-state index is 0.181. The molecule has 4 heteroatoms. The summed E-state index contributed by atoms with van der Waals surface area (Å²) in [6.07, 6.45) is 5.95. The van der Waals surface area contributed by atoms with E-state index in [1.54, 1.807) is 0 Å². The lowest BCUT2D eigenvalue weighted by Crippen LogP contribution is -2.42. The van der Waals surface area contributed by atoms with Crippen molar-refractivity contribution in [2.75, 3.05) is 32.7 Å². The number of carbonyl (C=O) groups is 1. The van der Waals surface area contributed by atoms with E-state index in [9.17, 15) is 4.79 Å². The summed E-state index contributed by atoms with van der Waals surface area (Å²) in [6, 6.07) is 0.314. The second-order valence-electron chi connectivity index (χ2n) is 5.34. The summed E-state index contributed by atoms with van der Waals surface area (Å²) < 4.78 is 0. The van der Waals surface area contributed by atoms with Crippen molar-refractivity contribution in [3.8, 4) is 0 Å². The molecule has 1 aliphatic heterocycles. The summed E-state index contributed by atoms with van der Waals surface area (Å²) in [5, 5.41) is 6.46. The van der Waals surface area contributed by atoms with Gasteiger partial charge in [-0.1, -0.05) is 26.2 Å². The molecule has 1 atom stereocenters. The molecule has 1 rings (SSSR count). The zero-order valence-corrected chi connectivity index (χ0v) is 12.0. The van der Waals surface area contributed by atoms with Gasteiger partial charge < -0.3 is 10.6 Å². The van der Waals surface area contributed by atoms with Crippen molar-refractivity contribution in [2.45, 2.75) is 52.0 Å². The van der Waals surface area contributed by atoms with Gasteiger partial charge in [-0.05, 0) is 32.9 Å². The number of hydrogen-bond acceptors (Lipinski definition) is 3. The average molecular weight is 255 g/mol. The molecule has 1 heterocycles. The number of carbonyl (C=O) groups excluding carboxylic acids is 1. The van der Waals surface area contributed by atoms with E-state index in [0.29, 0.717) is 12.6 Å². The van der Waals surface area contributed by atoms with Crippen LogP contribution in [-0.2, 0) is 4.79 Å². The van der Waals surface area contributed by atoms with E-state index in [0.717, 1.165) is 39.0 Å². The van der Waals surface area contributed by atoms with Crippen LogP contribution in [0.2, 0.25) is 0 Å². The largest absolute Gasteiger partial charge is 0.353 e. The van der Waals surface area contributed by atoms with E-state index >= 15 is 0 Å². The molecule has 4 nitrogen and oxygen atoms in total. The Hall–Kier alpha value is -0.610. The number of rotatable bonds is 7. The van der Waals surface area contributed by atoms with Gasteiger partial charge in [0.25, 0.3) is 0 Å². The standard InChI is InChI=1S/C14H29N3O/c1-3-4-5-7-13(2)16-14(18)12-17-10-6-8-15-9-11-17/h13,15H,3-12H2,1-2H3,(H,16,18). The maximum absolute atomic E-state index is 11.9. The predicted octanol–water partition coefficient (Wildman–Crippen LogP) is 1.37. The minimum absolute atomic E-state index is 0.181. The van der Waals surface area contributed by atoms with Gasteiger partial charge in [-0.25, -0.2) is 0 Å². The Balaban J connectivity index is 2.15. The molecule has 0 aliphatic carbocycles. The van der Waals surface area contributed by atoms with Crippen molar-refractivity contribution in [1.29, 1.82) is 0 Å². The highest BCUT2D eigenvalue weighted by Crippen LogP contribution is 2.03. The highest BCUT2D eigenvalue weighted by atomic mass is 16.2. The van der Waals surface area contributed by atoms with Gasteiger partial charge in [0.2, 0.25) is 5.91 Å². The Labute approximate surface area is 111 Å². The monoisotopic (exact) mass is 255 g/mol. The smallest absolute Gasteiger partial charge is 0.234 e. The van der Waals surface area contributed by atoms with Gasteiger partial charge in [-0.15, -0.1) is 0 Å². The molecule has 0 aromatic heterocycles. The summed E-state index contributed by atoms with van der Waals surface area (Å²) in [6.45, 7) is 8.96. The molecule has 1 unspecified atom stereocenters. The van der Waals surface area contributed by atoms with Crippen molar-refractivity contribution in [2.24, 2.45) is 0 Å². The van der Waals surface area contributed by atoms with Crippen LogP contribution in [0.1, 0.15) is 46.0 Å². The molecular formula is C14H29N3O. The highest BCUT2D eigenvalue weighted by molar-refractivity contribution is 5.78. The molecule has 0 bridgehead atoms. The second-order valence-corrected chi connectivity index (χ2v) is 5.34. The van der Waals surface area contributed by atoms with Gasteiger partial charge in [0.05, 0.1) is 6.54 Å². The zero-order valence-electron chi connectivity index (χ0n) is 12.0. The van der Waals surface area contributed by atoms with Crippen LogP contribution in [0.4, 0.5) is 0 Å². The van der Waals surface area contributed by atoms with E-state index in [1.165, 1.54) is 19.3 Å². The molecule has 0 spiro atoms. The summed E-state index contributed by atoms with van der Waals surface area (Å²) in [5.41, 5.74) is 0. The molecule has 18 heavy (non-hydrogen) atoms. The van der Waals surface area contributed by atoms with Crippen molar-refractivity contribution >= 4 is 5.91 Å². The number of nitrogens with one attached hydrogen (secondary N) is 2. The molecule has 0 saturated carbocycles. The summed E-state index contributed by atoms with van der Waals surface area (Å²) in [4.78, 5) is 14.1. The van der Waals surface area contributed by atoms with Crippen LogP contribution in [0.25, 0.3) is 0 Å². The quantitative estimate of drug-likeness (QED) is 0.675. The van der Waals surface area contributed by atoms with Gasteiger partial charge in [-0.3, -0.25) is 9.69 Å². The minimum Gasteiger partial charge on any atom is -0.353 e. The van der Waals surface area contributed by atoms with Gasteiger partial charge in [0, 0.05) is 19.1 Å². The fraction of sp³-hybridized carbons (Fsp3) is 0.929. The fourth-order valence-electron chi connectivity index (χ4n) is 2.36. The average Bonchev–Trinajstić information content (AvgIpc) is 2.57. The van der Waals surface area contributed by atoms with Crippen LogP contribution in [-0.4, -0.2) is 49.6 Å². The first-order valence-electron chi connectivity index (χ1n) is 7.44. The Morgan fingerprint density at radius 1 is 1.33 bits per heavy atom.